The normalized spacial score (nSPS) is 18.9. The largest absolute Gasteiger partial charge is 0.472 e. The van der Waals surface area contributed by atoms with E-state index in [0.717, 1.165) is 16.7 Å². The van der Waals surface area contributed by atoms with E-state index in [1.54, 1.807) is 23.2 Å². The number of halogens is 1. The number of amides is 1. The SMILES string of the molecule is Cc1ccccc1-c1cnc2c(c1)C(=O)N([C@@H](C)CO)C[C@@H](C)[C@H](CN(C)Cc1ccccc1F)O2. The number of nitrogens with zero attached hydrogens (tertiary/aromatic N) is 3. The van der Waals surface area contributed by atoms with E-state index in [2.05, 4.69) is 4.98 Å². The van der Waals surface area contributed by atoms with Crippen molar-refractivity contribution in [1.29, 1.82) is 0 Å². The topological polar surface area (TPSA) is 65.9 Å². The van der Waals surface area contributed by atoms with Gasteiger partial charge in [-0.2, -0.15) is 0 Å². The lowest BCUT2D eigenvalue weighted by Gasteiger charge is -2.37. The molecule has 1 amide bonds. The minimum atomic E-state index is -0.357. The van der Waals surface area contributed by atoms with Crippen molar-refractivity contribution in [2.75, 3.05) is 26.7 Å². The molecule has 6 nitrogen and oxygen atoms in total. The van der Waals surface area contributed by atoms with Crippen molar-refractivity contribution in [3.05, 3.63) is 83.3 Å². The molecule has 1 aliphatic rings. The number of carbonyl (C=O) groups is 1. The summed E-state index contributed by atoms with van der Waals surface area (Å²) in [5, 5.41) is 9.89. The van der Waals surface area contributed by atoms with Crippen LogP contribution < -0.4 is 4.74 Å². The summed E-state index contributed by atoms with van der Waals surface area (Å²) in [6, 6.07) is 16.2. The standard InChI is InChI=1S/C29H34FN3O3/c1-19-9-5-7-11-24(19)23-13-25-28(31-14-23)36-27(20(2)15-33(29(25)35)21(3)18-34)17-32(4)16-22-10-6-8-12-26(22)30/h5-14,20-21,27,34H,15-18H2,1-4H3/t20-,21+,27+/m1/s1. The summed E-state index contributed by atoms with van der Waals surface area (Å²) < 4.78 is 20.6. The third-order valence-electron chi connectivity index (χ3n) is 6.87. The Bertz CT molecular complexity index is 1220. The summed E-state index contributed by atoms with van der Waals surface area (Å²) in [6.45, 7) is 7.12. The molecular formula is C29H34FN3O3. The highest BCUT2D eigenvalue weighted by atomic mass is 19.1. The number of hydrogen-bond donors (Lipinski definition) is 1. The Morgan fingerprint density at radius 1 is 1.19 bits per heavy atom. The number of aliphatic hydroxyl groups is 1. The second-order valence-electron chi connectivity index (χ2n) is 9.80. The van der Waals surface area contributed by atoms with Crippen molar-refractivity contribution in [3.63, 3.8) is 0 Å². The molecule has 0 bridgehead atoms. The summed E-state index contributed by atoms with van der Waals surface area (Å²) in [6.07, 6.45) is 1.44. The number of ether oxygens (including phenoxy) is 1. The van der Waals surface area contributed by atoms with Gasteiger partial charge in [-0.25, -0.2) is 9.37 Å². The summed E-state index contributed by atoms with van der Waals surface area (Å²) in [7, 11) is 1.93. The van der Waals surface area contributed by atoms with Gasteiger partial charge >= 0.3 is 0 Å². The molecule has 190 valence electrons. The number of fused-ring (bicyclic) bond motifs is 1. The van der Waals surface area contributed by atoms with Gasteiger partial charge in [-0.15, -0.1) is 0 Å². The summed E-state index contributed by atoms with van der Waals surface area (Å²) >= 11 is 0. The maximum Gasteiger partial charge on any atom is 0.259 e. The van der Waals surface area contributed by atoms with E-state index >= 15 is 0 Å². The van der Waals surface area contributed by atoms with Crippen LogP contribution in [0.5, 0.6) is 5.88 Å². The highest BCUT2D eigenvalue weighted by Crippen LogP contribution is 2.31. The van der Waals surface area contributed by atoms with Crippen molar-refractivity contribution in [3.8, 4) is 17.0 Å². The van der Waals surface area contributed by atoms with Gasteiger partial charge in [-0.05, 0) is 44.2 Å². The van der Waals surface area contributed by atoms with Gasteiger partial charge in [-0.1, -0.05) is 49.4 Å². The summed E-state index contributed by atoms with van der Waals surface area (Å²) in [5.74, 6) is -0.208. The third-order valence-corrected chi connectivity index (χ3v) is 6.87. The van der Waals surface area contributed by atoms with Crippen molar-refractivity contribution in [2.45, 2.75) is 39.5 Å². The van der Waals surface area contributed by atoms with Crippen molar-refractivity contribution in [1.82, 2.24) is 14.8 Å². The second kappa shape index (κ2) is 11.2. The highest BCUT2D eigenvalue weighted by molar-refractivity contribution is 5.98. The average molecular weight is 492 g/mol. The molecule has 7 heteroatoms. The molecule has 2 aromatic carbocycles. The fourth-order valence-electron chi connectivity index (χ4n) is 4.65. The van der Waals surface area contributed by atoms with Crippen molar-refractivity contribution < 1.29 is 19.0 Å². The van der Waals surface area contributed by atoms with Gasteiger partial charge in [0.05, 0.1) is 12.6 Å². The van der Waals surface area contributed by atoms with Crippen LogP contribution in [0, 0.1) is 18.7 Å². The lowest BCUT2D eigenvalue weighted by molar-refractivity contribution is 0.0324. The predicted octanol–water partition coefficient (Wildman–Crippen LogP) is 4.55. The molecule has 1 aromatic heterocycles. The van der Waals surface area contributed by atoms with Crippen LogP contribution in [0.15, 0.2) is 60.8 Å². The monoisotopic (exact) mass is 491 g/mol. The van der Waals surface area contributed by atoms with E-state index in [0.29, 0.717) is 30.8 Å². The Hall–Kier alpha value is -3.29. The van der Waals surface area contributed by atoms with Crippen LogP contribution in [-0.2, 0) is 6.54 Å². The van der Waals surface area contributed by atoms with Gasteiger partial charge in [0, 0.05) is 42.9 Å². The van der Waals surface area contributed by atoms with E-state index in [-0.39, 0.29) is 42.3 Å². The van der Waals surface area contributed by atoms with Gasteiger partial charge < -0.3 is 14.7 Å². The minimum Gasteiger partial charge on any atom is -0.472 e. The zero-order chi connectivity index (χ0) is 25.8. The first-order valence-corrected chi connectivity index (χ1v) is 12.3. The van der Waals surface area contributed by atoms with E-state index in [1.165, 1.54) is 6.07 Å². The van der Waals surface area contributed by atoms with Crippen LogP contribution in [0.25, 0.3) is 11.1 Å². The van der Waals surface area contributed by atoms with Crippen LogP contribution in [0.2, 0.25) is 0 Å². The number of rotatable bonds is 7. The number of aliphatic hydroxyl groups excluding tert-OH is 1. The molecular weight excluding hydrogens is 457 g/mol. The molecule has 3 aromatic rings. The third kappa shape index (κ3) is 5.58. The van der Waals surface area contributed by atoms with Gasteiger partial charge in [0.15, 0.2) is 0 Å². The van der Waals surface area contributed by atoms with Crippen molar-refractivity contribution in [2.24, 2.45) is 5.92 Å². The molecule has 36 heavy (non-hydrogen) atoms. The molecule has 0 saturated heterocycles. The first-order chi connectivity index (χ1) is 17.3. The Kier molecular flexibility index (Phi) is 8.01. The molecule has 0 spiro atoms. The van der Waals surface area contributed by atoms with Crippen LogP contribution in [0.3, 0.4) is 0 Å². The number of carbonyl (C=O) groups excluding carboxylic acids is 1. The Morgan fingerprint density at radius 3 is 2.64 bits per heavy atom. The maximum atomic E-state index is 14.2. The number of aromatic nitrogens is 1. The lowest BCUT2D eigenvalue weighted by atomic mass is 9.98. The zero-order valence-corrected chi connectivity index (χ0v) is 21.3. The average Bonchev–Trinajstić information content (AvgIpc) is 2.87. The van der Waals surface area contributed by atoms with E-state index in [9.17, 15) is 14.3 Å². The second-order valence-corrected chi connectivity index (χ2v) is 9.80. The molecule has 1 aliphatic heterocycles. The molecule has 0 unspecified atom stereocenters. The molecule has 3 atom stereocenters. The molecule has 4 rings (SSSR count). The van der Waals surface area contributed by atoms with Gasteiger partial charge in [0.25, 0.3) is 5.91 Å². The summed E-state index contributed by atoms with van der Waals surface area (Å²) in [5.41, 5.74) is 3.91. The highest BCUT2D eigenvalue weighted by Gasteiger charge is 2.34. The smallest absolute Gasteiger partial charge is 0.259 e. The predicted molar refractivity (Wildman–Crippen MR) is 138 cm³/mol. The Morgan fingerprint density at radius 2 is 1.92 bits per heavy atom. The first kappa shape index (κ1) is 25.8. The quantitative estimate of drug-likeness (QED) is 0.525. The molecule has 2 heterocycles. The molecule has 0 radical (unpaired) electrons. The zero-order valence-electron chi connectivity index (χ0n) is 21.3. The molecule has 0 saturated carbocycles. The molecule has 0 fully saturated rings. The fraction of sp³-hybridized carbons (Fsp3) is 0.379. The number of aryl methyl sites for hydroxylation is 1. The van der Waals surface area contributed by atoms with E-state index in [4.69, 9.17) is 4.74 Å². The van der Waals surface area contributed by atoms with Crippen molar-refractivity contribution >= 4 is 5.91 Å². The van der Waals surface area contributed by atoms with Crippen LogP contribution in [0.4, 0.5) is 4.39 Å². The summed E-state index contributed by atoms with van der Waals surface area (Å²) in [4.78, 5) is 22.0. The van der Waals surface area contributed by atoms with Crippen LogP contribution in [-0.4, -0.2) is 64.7 Å². The number of likely N-dealkylation sites (N-methyl/N-ethyl adjacent to an activating group) is 1. The maximum absolute atomic E-state index is 14.2. The van der Waals surface area contributed by atoms with E-state index in [1.807, 2.05) is 69.1 Å². The first-order valence-electron chi connectivity index (χ1n) is 12.3. The Labute approximate surface area is 212 Å². The molecule has 0 aliphatic carbocycles. The van der Waals surface area contributed by atoms with Crippen LogP contribution in [0.1, 0.15) is 35.3 Å². The number of hydrogen-bond acceptors (Lipinski definition) is 5. The fourth-order valence-corrected chi connectivity index (χ4v) is 4.65. The minimum absolute atomic E-state index is 0.0444. The van der Waals surface area contributed by atoms with Gasteiger partial charge in [0.1, 0.15) is 17.5 Å². The number of benzene rings is 2. The number of pyridine rings is 1. The lowest BCUT2D eigenvalue weighted by Crippen LogP contribution is -2.49. The van der Waals surface area contributed by atoms with E-state index < -0.39 is 0 Å². The van der Waals surface area contributed by atoms with Gasteiger partial charge in [0.2, 0.25) is 5.88 Å². The molecule has 1 N–H and O–H groups in total. The Balaban J connectivity index is 1.67. The van der Waals surface area contributed by atoms with Crippen LogP contribution >= 0.6 is 0 Å². The van der Waals surface area contributed by atoms with Gasteiger partial charge in [-0.3, -0.25) is 9.69 Å².